The topological polar surface area (TPSA) is 65.5 Å². The molecule has 11 heteroatoms. The van der Waals surface area contributed by atoms with Gasteiger partial charge in [0.25, 0.3) is 10.0 Å². The van der Waals surface area contributed by atoms with Gasteiger partial charge >= 0.3 is 0 Å². The number of hydrogen-bond donors (Lipinski definition) is 1. The fourth-order valence-electron chi connectivity index (χ4n) is 5.08. The number of halogens is 4. The summed E-state index contributed by atoms with van der Waals surface area (Å²) in [5.74, 6) is -1.01. The number of anilines is 2. The summed E-state index contributed by atoms with van der Waals surface area (Å²) in [6.07, 6.45) is 3.56. The van der Waals surface area contributed by atoms with Crippen LogP contribution in [-0.4, -0.2) is 50.5 Å². The molecule has 4 aliphatic rings. The van der Waals surface area contributed by atoms with E-state index in [-0.39, 0.29) is 15.9 Å². The third kappa shape index (κ3) is 4.04. The molecular weight excluding hydrogens is 481 g/mol. The summed E-state index contributed by atoms with van der Waals surface area (Å²) >= 11 is 12.5. The van der Waals surface area contributed by atoms with Crippen LogP contribution < -0.4 is 9.62 Å². The molecule has 6 nitrogen and oxygen atoms in total. The highest BCUT2D eigenvalue weighted by atomic mass is 35.5. The van der Waals surface area contributed by atoms with E-state index in [0.29, 0.717) is 30.7 Å². The molecule has 172 valence electrons. The first-order valence-corrected chi connectivity index (χ1v) is 12.8. The number of sulfonamides is 1. The number of fused-ring (bicyclic) bond motifs is 1. The van der Waals surface area contributed by atoms with Gasteiger partial charge in [-0.25, -0.2) is 17.8 Å². The van der Waals surface area contributed by atoms with Crippen LogP contribution in [0.15, 0.2) is 29.2 Å². The van der Waals surface area contributed by atoms with Crippen molar-refractivity contribution in [1.82, 2.24) is 9.88 Å². The van der Waals surface area contributed by atoms with Crippen LogP contribution >= 0.6 is 23.2 Å². The molecule has 0 spiro atoms. The average molecular weight is 503 g/mol. The Hall–Kier alpha value is -1.68. The van der Waals surface area contributed by atoms with Crippen LogP contribution in [0.25, 0.3) is 0 Å². The van der Waals surface area contributed by atoms with E-state index in [1.54, 1.807) is 0 Å². The Morgan fingerprint density at radius 1 is 1.19 bits per heavy atom. The Bertz CT molecular complexity index is 1160. The molecule has 3 aliphatic heterocycles. The summed E-state index contributed by atoms with van der Waals surface area (Å²) < 4.78 is 56.0. The van der Waals surface area contributed by atoms with Gasteiger partial charge in [-0.2, -0.15) is 4.39 Å². The second-order valence-corrected chi connectivity index (χ2v) is 11.2. The minimum absolute atomic E-state index is 0.289. The Kier molecular flexibility index (Phi) is 5.72. The second-order valence-electron chi connectivity index (χ2n) is 8.83. The number of nitrogens with one attached hydrogen (secondary N) is 1. The molecule has 6 rings (SSSR count). The predicted octanol–water partition coefficient (Wildman–Crippen LogP) is 4.39. The number of rotatable bonds is 6. The largest absolute Gasteiger partial charge is 0.370 e. The molecule has 2 bridgehead atoms. The first-order valence-electron chi connectivity index (χ1n) is 10.5. The number of aromatic nitrogens is 1. The van der Waals surface area contributed by atoms with Gasteiger partial charge in [-0.1, -0.05) is 29.3 Å². The smallest absolute Gasteiger partial charge is 0.267 e. The molecule has 1 atom stereocenters. The monoisotopic (exact) mass is 502 g/mol. The van der Waals surface area contributed by atoms with Gasteiger partial charge in [0.1, 0.15) is 15.7 Å². The molecule has 1 saturated carbocycles. The number of pyridine rings is 1. The fourth-order valence-corrected chi connectivity index (χ4v) is 7.04. The summed E-state index contributed by atoms with van der Waals surface area (Å²) in [6.45, 7) is 3.59. The van der Waals surface area contributed by atoms with Gasteiger partial charge < -0.3 is 4.90 Å². The molecule has 1 aliphatic carbocycles. The quantitative estimate of drug-likeness (QED) is 0.468. The van der Waals surface area contributed by atoms with Crippen LogP contribution in [-0.2, 0) is 10.0 Å². The summed E-state index contributed by atoms with van der Waals surface area (Å²) in [5.41, 5.74) is 0.380. The molecule has 0 radical (unpaired) electrons. The molecule has 4 heterocycles. The van der Waals surface area contributed by atoms with E-state index >= 15 is 4.39 Å². The lowest BCUT2D eigenvalue weighted by Gasteiger charge is -2.28. The van der Waals surface area contributed by atoms with Crippen molar-refractivity contribution in [2.75, 3.05) is 35.8 Å². The van der Waals surface area contributed by atoms with Gasteiger partial charge in [0, 0.05) is 32.2 Å². The number of hydrogen-bond acceptors (Lipinski definition) is 5. The molecule has 4 fully saturated rings. The highest BCUT2D eigenvalue weighted by Gasteiger charge is 2.43. The van der Waals surface area contributed by atoms with Gasteiger partial charge in [0.2, 0.25) is 5.95 Å². The van der Waals surface area contributed by atoms with Gasteiger partial charge in [0.15, 0.2) is 5.82 Å². The highest BCUT2D eigenvalue weighted by Crippen LogP contribution is 2.43. The maximum Gasteiger partial charge on any atom is 0.267 e. The number of benzene rings is 1. The Morgan fingerprint density at radius 3 is 2.66 bits per heavy atom. The normalized spacial score (nSPS) is 25.2. The van der Waals surface area contributed by atoms with Crippen LogP contribution in [0, 0.1) is 23.6 Å². The van der Waals surface area contributed by atoms with Crippen molar-refractivity contribution in [2.24, 2.45) is 11.8 Å². The van der Waals surface area contributed by atoms with Crippen molar-refractivity contribution in [3.05, 3.63) is 46.1 Å². The maximum atomic E-state index is 15.2. The molecule has 0 amide bonds. The van der Waals surface area contributed by atoms with E-state index in [0.717, 1.165) is 24.9 Å². The van der Waals surface area contributed by atoms with Crippen LogP contribution in [0.4, 0.5) is 20.3 Å². The van der Waals surface area contributed by atoms with Gasteiger partial charge in [-0.15, -0.1) is 0 Å². The van der Waals surface area contributed by atoms with Gasteiger partial charge in [-0.05, 0) is 49.3 Å². The van der Waals surface area contributed by atoms with Crippen molar-refractivity contribution in [2.45, 2.75) is 30.2 Å². The molecule has 1 aromatic heterocycles. The van der Waals surface area contributed by atoms with Gasteiger partial charge in [0.05, 0.1) is 10.7 Å². The predicted molar refractivity (Wildman–Crippen MR) is 120 cm³/mol. The summed E-state index contributed by atoms with van der Waals surface area (Å²) in [6, 6.07) is 5.69. The lowest BCUT2D eigenvalue weighted by atomic mass is 9.86. The first-order chi connectivity index (χ1) is 15.2. The van der Waals surface area contributed by atoms with Crippen LogP contribution in [0.5, 0.6) is 0 Å². The molecule has 3 saturated heterocycles. The molecule has 1 N–H and O–H groups in total. The minimum atomic E-state index is -4.48. The van der Waals surface area contributed by atoms with E-state index in [1.165, 1.54) is 37.6 Å². The minimum Gasteiger partial charge on any atom is -0.370 e. The van der Waals surface area contributed by atoms with Crippen LogP contribution in [0.2, 0.25) is 10.0 Å². The third-order valence-electron chi connectivity index (χ3n) is 6.66. The molecule has 2 aromatic rings. The molecule has 1 unspecified atom stereocenters. The first kappa shape index (κ1) is 22.1. The van der Waals surface area contributed by atoms with Crippen molar-refractivity contribution in [3.8, 4) is 0 Å². The van der Waals surface area contributed by atoms with Crippen LogP contribution in [0.1, 0.15) is 19.3 Å². The standard InChI is InChI=1S/C21H22Cl2F2N4O2S/c22-15-8-16(28-5-4-12(9-28)10-29-11-13-6-14(29)7-13)19(23)20(25)21(15)32(30,31)27-18-3-1-2-17(24)26-18/h1-3,8,12-14H,4-7,9-11H2,(H,26,27). The van der Waals surface area contributed by atoms with Gasteiger partial charge in [-0.3, -0.25) is 9.62 Å². The van der Waals surface area contributed by atoms with Crippen molar-refractivity contribution >= 4 is 44.7 Å². The van der Waals surface area contributed by atoms with Crippen LogP contribution in [0.3, 0.4) is 0 Å². The van der Waals surface area contributed by atoms with E-state index in [9.17, 15) is 12.8 Å². The van der Waals surface area contributed by atoms with E-state index in [1.807, 2.05) is 9.62 Å². The lowest BCUT2D eigenvalue weighted by molar-refractivity contribution is 0.220. The lowest BCUT2D eigenvalue weighted by Crippen LogP contribution is -2.34. The molecule has 1 aromatic carbocycles. The Labute approximate surface area is 195 Å². The summed E-state index contributed by atoms with van der Waals surface area (Å²) in [5, 5.41) is -0.597. The highest BCUT2D eigenvalue weighted by molar-refractivity contribution is 7.92. The molecule has 32 heavy (non-hydrogen) atoms. The fraction of sp³-hybridized carbons (Fsp3) is 0.476. The Morgan fingerprint density at radius 2 is 1.97 bits per heavy atom. The van der Waals surface area contributed by atoms with E-state index in [2.05, 4.69) is 9.88 Å². The van der Waals surface area contributed by atoms with Crippen molar-refractivity contribution < 1.29 is 17.2 Å². The van der Waals surface area contributed by atoms with Crippen molar-refractivity contribution in [1.29, 1.82) is 0 Å². The van der Waals surface area contributed by atoms with Crippen molar-refractivity contribution in [3.63, 3.8) is 0 Å². The molecular formula is C21H22Cl2F2N4O2S. The summed E-state index contributed by atoms with van der Waals surface area (Å²) in [4.78, 5) is 7.16. The second kappa shape index (κ2) is 8.27. The third-order valence-corrected chi connectivity index (χ3v) is 8.84. The SMILES string of the molecule is O=S(=O)(Nc1cccc(F)n1)c1c(Cl)cc(N2CCC(CN3CC4CC3C4)C2)c(Cl)c1F. The zero-order chi connectivity index (χ0) is 22.6. The maximum absolute atomic E-state index is 15.2. The summed E-state index contributed by atoms with van der Waals surface area (Å²) in [7, 11) is -4.48. The average Bonchev–Trinajstić information content (AvgIpc) is 3.40. The van der Waals surface area contributed by atoms with E-state index < -0.39 is 26.7 Å². The zero-order valence-electron chi connectivity index (χ0n) is 17.1. The number of nitrogens with zero attached hydrogens (tertiary/aromatic N) is 3. The zero-order valence-corrected chi connectivity index (χ0v) is 19.4. The van der Waals surface area contributed by atoms with E-state index in [4.69, 9.17) is 23.2 Å². The Balaban J connectivity index is 1.35.